The summed E-state index contributed by atoms with van der Waals surface area (Å²) in [6.45, 7) is 5.58. The summed E-state index contributed by atoms with van der Waals surface area (Å²) in [6, 6.07) is 7.33. The highest BCUT2D eigenvalue weighted by atomic mass is 32.2. The molecule has 9 heteroatoms. The summed E-state index contributed by atoms with van der Waals surface area (Å²) in [5.74, 6) is 0.168. The summed E-state index contributed by atoms with van der Waals surface area (Å²) in [4.78, 5) is 25.2. The van der Waals surface area contributed by atoms with E-state index in [0.717, 1.165) is 26.7 Å². The summed E-state index contributed by atoms with van der Waals surface area (Å²) < 4.78 is 16.2. The van der Waals surface area contributed by atoms with Gasteiger partial charge in [0.25, 0.3) is 0 Å². The lowest BCUT2D eigenvalue weighted by molar-refractivity contribution is -0.136. The second-order valence-electron chi connectivity index (χ2n) is 7.90. The number of carboxylic acids is 1. The van der Waals surface area contributed by atoms with E-state index >= 15 is 0 Å². The Balaban J connectivity index is 1.98. The van der Waals surface area contributed by atoms with Crippen LogP contribution in [0.1, 0.15) is 31.9 Å². The molecule has 1 heterocycles. The molecule has 0 unspecified atom stereocenters. The number of methoxy groups -OCH3 is 2. The Bertz CT molecular complexity index is 1020. The Kier molecular flexibility index (Phi) is 6.54. The number of nitrogens with one attached hydrogen (secondary N) is 2. The third-order valence-electron chi connectivity index (χ3n) is 4.48. The molecule has 3 N–H and O–H groups in total. The molecule has 0 bridgehead atoms. The van der Waals surface area contributed by atoms with Crippen molar-refractivity contribution in [1.82, 2.24) is 5.32 Å². The molecule has 1 aliphatic rings. The van der Waals surface area contributed by atoms with Crippen molar-refractivity contribution < 1.29 is 28.9 Å². The Hall–Kier alpha value is -3.07. The van der Waals surface area contributed by atoms with Crippen LogP contribution in [0, 0.1) is 0 Å². The van der Waals surface area contributed by atoms with Gasteiger partial charge in [-0.1, -0.05) is 11.8 Å². The normalized spacial score (nSPS) is 12.2. The average molecular weight is 447 g/mol. The molecule has 2 aromatic rings. The van der Waals surface area contributed by atoms with Crippen LogP contribution in [0.4, 0.5) is 16.2 Å². The van der Waals surface area contributed by atoms with Crippen molar-refractivity contribution in [1.29, 1.82) is 0 Å². The smallest absolute Gasteiger partial charge is 0.407 e. The van der Waals surface area contributed by atoms with E-state index in [-0.39, 0.29) is 13.0 Å². The molecule has 0 atom stereocenters. The van der Waals surface area contributed by atoms with Crippen molar-refractivity contribution in [2.75, 3.05) is 19.5 Å². The average Bonchev–Trinajstić information content (AvgIpc) is 2.69. The Morgan fingerprint density at radius 2 is 1.55 bits per heavy atom. The number of carbonyl (C=O) groups is 2. The Labute approximate surface area is 185 Å². The Morgan fingerprint density at radius 3 is 2.06 bits per heavy atom. The number of anilines is 2. The van der Waals surface area contributed by atoms with Gasteiger partial charge in [-0.05, 0) is 45.0 Å². The maximum absolute atomic E-state index is 12.2. The van der Waals surface area contributed by atoms with E-state index in [0.29, 0.717) is 17.1 Å². The standard InChI is InChI=1S/C22H26N2O6S/c1-22(2,3)30-21(27)23-11-13-17(29-5)9-7-15-20(13)31-19-12(10-18(25)26)16(28-4)8-6-14(19)24-15/h6-9,24H,10-11H2,1-5H3,(H,23,27)(H,25,26). The molecule has 1 amide bonds. The van der Waals surface area contributed by atoms with E-state index in [1.165, 1.54) is 18.9 Å². The second-order valence-corrected chi connectivity index (χ2v) is 8.92. The number of aliphatic carboxylic acids is 1. The largest absolute Gasteiger partial charge is 0.496 e. The molecular formula is C22H26N2O6S. The maximum Gasteiger partial charge on any atom is 0.407 e. The summed E-state index contributed by atoms with van der Waals surface area (Å²) in [5, 5.41) is 15.5. The van der Waals surface area contributed by atoms with Crippen LogP contribution in [0.2, 0.25) is 0 Å². The monoisotopic (exact) mass is 446 g/mol. The molecular weight excluding hydrogens is 420 g/mol. The zero-order chi connectivity index (χ0) is 22.8. The van der Waals surface area contributed by atoms with Gasteiger partial charge in [0, 0.05) is 20.9 Å². The van der Waals surface area contributed by atoms with Crippen molar-refractivity contribution in [3.63, 3.8) is 0 Å². The molecule has 31 heavy (non-hydrogen) atoms. The predicted octanol–water partition coefficient (Wildman–Crippen LogP) is 4.56. The number of hydrogen-bond acceptors (Lipinski definition) is 7. The number of ether oxygens (including phenoxy) is 3. The van der Waals surface area contributed by atoms with Gasteiger partial charge < -0.3 is 30.0 Å². The summed E-state index contributed by atoms with van der Waals surface area (Å²) in [7, 11) is 3.08. The van der Waals surface area contributed by atoms with Gasteiger partial charge in [-0.2, -0.15) is 0 Å². The van der Waals surface area contributed by atoms with E-state index in [1.54, 1.807) is 33.9 Å². The van der Waals surface area contributed by atoms with Crippen LogP contribution < -0.4 is 20.1 Å². The number of alkyl carbamates (subject to hydrolysis) is 1. The lowest BCUT2D eigenvalue weighted by Gasteiger charge is -2.27. The molecule has 8 nitrogen and oxygen atoms in total. The molecule has 0 saturated heterocycles. The zero-order valence-electron chi connectivity index (χ0n) is 18.1. The van der Waals surface area contributed by atoms with Gasteiger partial charge in [-0.3, -0.25) is 4.79 Å². The van der Waals surface area contributed by atoms with Gasteiger partial charge in [0.15, 0.2) is 0 Å². The van der Waals surface area contributed by atoms with Gasteiger partial charge in [0.1, 0.15) is 17.1 Å². The number of amides is 1. The van der Waals surface area contributed by atoms with Crippen molar-refractivity contribution in [3.8, 4) is 11.5 Å². The highest BCUT2D eigenvalue weighted by Crippen LogP contribution is 2.51. The molecule has 3 rings (SSSR count). The van der Waals surface area contributed by atoms with Gasteiger partial charge in [-0.15, -0.1) is 0 Å². The quantitative estimate of drug-likeness (QED) is 0.506. The number of fused-ring (bicyclic) bond motifs is 2. The molecule has 0 aromatic heterocycles. The van der Waals surface area contributed by atoms with E-state index in [2.05, 4.69) is 10.6 Å². The molecule has 0 radical (unpaired) electrons. The lowest BCUT2D eigenvalue weighted by atomic mass is 10.1. The number of carbonyl (C=O) groups excluding carboxylic acids is 1. The van der Waals surface area contributed by atoms with E-state index < -0.39 is 17.7 Å². The van der Waals surface area contributed by atoms with E-state index in [4.69, 9.17) is 14.2 Å². The maximum atomic E-state index is 12.2. The summed E-state index contributed by atoms with van der Waals surface area (Å²) in [6.07, 6.45) is -0.708. The van der Waals surface area contributed by atoms with Crippen LogP contribution in [0.25, 0.3) is 0 Å². The fraction of sp³-hybridized carbons (Fsp3) is 0.364. The number of rotatable bonds is 6. The van der Waals surface area contributed by atoms with Crippen molar-refractivity contribution in [2.24, 2.45) is 0 Å². The van der Waals surface area contributed by atoms with Crippen LogP contribution in [0.15, 0.2) is 34.1 Å². The predicted molar refractivity (Wildman–Crippen MR) is 118 cm³/mol. The van der Waals surface area contributed by atoms with E-state index in [9.17, 15) is 14.7 Å². The van der Waals surface area contributed by atoms with Crippen LogP contribution in [-0.2, 0) is 22.5 Å². The molecule has 1 aliphatic heterocycles. The first-order chi connectivity index (χ1) is 14.6. The van der Waals surface area contributed by atoms with E-state index in [1.807, 2.05) is 18.2 Å². The molecule has 2 aromatic carbocycles. The third-order valence-corrected chi connectivity index (χ3v) is 5.83. The summed E-state index contributed by atoms with van der Waals surface area (Å²) in [5.41, 5.74) is 2.38. The van der Waals surface area contributed by atoms with Crippen LogP contribution >= 0.6 is 11.8 Å². The second kappa shape index (κ2) is 8.97. The SMILES string of the molecule is COc1ccc2c(c1CNC(=O)OC(C)(C)C)Sc1c(ccc(OC)c1CC(=O)O)N2. The minimum absolute atomic E-state index is 0.175. The fourth-order valence-electron chi connectivity index (χ4n) is 3.24. The van der Waals surface area contributed by atoms with Gasteiger partial charge >= 0.3 is 12.1 Å². The van der Waals surface area contributed by atoms with Gasteiger partial charge in [0.2, 0.25) is 0 Å². The minimum atomic E-state index is -0.949. The number of benzene rings is 2. The Morgan fingerprint density at radius 1 is 1.00 bits per heavy atom. The van der Waals surface area contributed by atoms with Crippen molar-refractivity contribution in [2.45, 2.75) is 49.1 Å². The molecule has 166 valence electrons. The van der Waals surface area contributed by atoms with Crippen LogP contribution in [-0.4, -0.2) is 37.0 Å². The first-order valence-electron chi connectivity index (χ1n) is 9.66. The topological polar surface area (TPSA) is 106 Å². The lowest BCUT2D eigenvalue weighted by Crippen LogP contribution is -2.32. The first-order valence-corrected chi connectivity index (χ1v) is 10.5. The van der Waals surface area contributed by atoms with Crippen molar-refractivity contribution >= 4 is 35.2 Å². The van der Waals surface area contributed by atoms with Crippen LogP contribution in [0.3, 0.4) is 0 Å². The first kappa shape index (κ1) is 22.6. The molecule has 0 saturated carbocycles. The van der Waals surface area contributed by atoms with Gasteiger partial charge in [0.05, 0.1) is 38.6 Å². The highest BCUT2D eigenvalue weighted by Gasteiger charge is 2.27. The highest BCUT2D eigenvalue weighted by molar-refractivity contribution is 7.99. The molecule has 0 spiro atoms. The molecule has 0 aliphatic carbocycles. The zero-order valence-corrected chi connectivity index (χ0v) is 18.9. The minimum Gasteiger partial charge on any atom is -0.496 e. The van der Waals surface area contributed by atoms with Crippen molar-refractivity contribution in [3.05, 3.63) is 35.4 Å². The number of carboxylic acid groups (broad SMARTS) is 1. The van der Waals surface area contributed by atoms with Crippen LogP contribution in [0.5, 0.6) is 11.5 Å². The number of hydrogen-bond donors (Lipinski definition) is 3. The van der Waals surface area contributed by atoms with Gasteiger partial charge in [-0.25, -0.2) is 4.79 Å². The third kappa shape index (κ3) is 5.16. The fourth-order valence-corrected chi connectivity index (χ4v) is 4.49. The summed E-state index contributed by atoms with van der Waals surface area (Å²) >= 11 is 1.42. The molecule has 0 fully saturated rings.